The lowest BCUT2D eigenvalue weighted by molar-refractivity contribution is 0.889. The van der Waals surface area contributed by atoms with Crippen LogP contribution in [0.1, 0.15) is 29.5 Å². The summed E-state index contributed by atoms with van der Waals surface area (Å²) in [5.41, 5.74) is 0. The van der Waals surface area contributed by atoms with Gasteiger partial charge in [-0.25, -0.2) is 0 Å². The van der Waals surface area contributed by atoms with Crippen LogP contribution in [0.4, 0.5) is 0 Å². The number of allylic oxidation sites excluding steroid dienone is 1. The third kappa shape index (κ3) is 3.15. The highest BCUT2D eigenvalue weighted by atomic mass is 79.9. The topological polar surface area (TPSA) is 0 Å². The Balaban J connectivity index is 2.89. The first-order valence-electron chi connectivity index (χ1n) is 4.15. The van der Waals surface area contributed by atoms with E-state index in [1.807, 2.05) is 11.3 Å². The van der Waals surface area contributed by atoms with Crippen LogP contribution in [-0.4, -0.2) is 0 Å². The van der Waals surface area contributed by atoms with Gasteiger partial charge in [0.15, 0.2) is 0 Å². The van der Waals surface area contributed by atoms with Crippen molar-refractivity contribution in [2.24, 2.45) is 0 Å². The molecule has 0 aliphatic carbocycles. The number of thiol groups is 1. The summed E-state index contributed by atoms with van der Waals surface area (Å²) in [6, 6.07) is 2.20. The maximum atomic E-state index is 4.21. The van der Waals surface area contributed by atoms with Crippen molar-refractivity contribution in [3.63, 3.8) is 0 Å². The number of halogens is 1. The van der Waals surface area contributed by atoms with Crippen molar-refractivity contribution in [3.8, 4) is 0 Å². The van der Waals surface area contributed by atoms with Crippen molar-refractivity contribution >= 4 is 39.9 Å². The van der Waals surface area contributed by atoms with E-state index in [9.17, 15) is 0 Å². The zero-order valence-corrected chi connectivity index (χ0v) is 11.1. The Kier molecular flexibility index (Phi) is 4.07. The largest absolute Gasteiger partial charge is 0.148 e. The molecule has 3 heteroatoms. The van der Waals surface area contributed by atoms with Crippen LogP contribution in [0.3, 0.4) is 0 Å². The van der Waals surface area contributed by atoms with Crippen LogP contribution >= 0.6 is 39.9 Å². The summed E-state index contributed by atoms with van der Waals surface area (Å²) in [7, 11) is 0. The summed E-state index contributed by atoms with van der Waals surface area (Å²) in [6.07, 6.45) is 0.862. The van der Waals surface area contributed by atoms with Crippen molar-refractivity contribution in [3.05, 3.63) is 31.8 Å². The predicted molar refractivity (Wildman–Crippen MR) is 67.9 cm³/mol. The zero-order valence-electron chi connectivity index (χ0n) is 7.80. The van der Waals surface area contributed by atoms with Crippen LogP contribution < -0.4 is 0 Å². The van der Waals surface area contributed by atoms with E-state index >= 15 is 0 Å². The van der Waals surface area contributed by atoms with Gasteiger partial charge in [-0.15, -0.1) is 24.0 Å². The van der Waals surface area contributed by atoms with Gasteiger partial charge in [0.1, 0.15) is 0 Å². The van der Waals surface area contributed by atoms with Gasteiger partial charge in [-0.05, 0) is 32.8 Å². The number of hydrogen-bond donors (Lipinski definition) is 1. The lowest BCUT2D eigenvalue weighted by Crippen LogP contribution is -1.78. The first-order chi connectivity index (χ1) is 6.00. The first-order valence-corrected chi connectivity index (χ1v) is 6.21. The van der Waals surface area contributed by atoms with E-state index in [4.69, 9.17) is 0 Å². The van der Waals surface area contributed by atoms with E-state index in [1.165, 1.54) is 14.2 Å². The highest BCUT2D eigenvalue weighted by molar-refractivity contribution is 9.10. The summed E-state index contributed by atoms with van der Waals surface area (Å²) in [5, 5.41) is 0. The maximum absolute atomic E-state index is 4.21. The smallest absolute Gasteiger partial charge is 0.0320 e. The molecule has 1 aromatic heterocycles. The minimum absolute atomic E-state index is 0.600. The summed E-state index contributed by atoms with van der Waals surface area (Å²) in [5.74, 6) is 0.600. The zero-order chi connectivity index (χ0) is 10.0. The van der Waals surface area contributed by atoms with Gasteiger partial charge < -0.3 is 0 Å². The molecule has 0 aromatic carbocycles. The lowest BCUT2D eigenvalue weighted by Gasteiger charge is -1.98. The molecule has 13 heavy (non-hydrogen) atoms. The van der Waals surface area contributed by atoms with Gasteiger partial charge >= 0.3 is 0 Å². The molecule has 0 aliphatic heterocycles. The maximum Gasteiger partial charge on any atom is 0.0320 e. The van der Waals surface area contributed by atoms with Crippen LogP contribution in [0.2, 0.25) is 0 Å². The first kappa shape index (κ1) is 11.3. The molecular formula is C10H13BrS2. The Bertz CT molecular complexity index is 313. The molecule has 0 bridgehead atoms. The molecule has 0 amide bonds. The molecule has 0 unspecified atom stereocenters. The molecular weight excluding hydrogens is 264 g/mol. The van der Waals surface area contributed by atoms with Gasteiger partial charge in [-0.2, -0.15) is 0 Å². The second-order valence-corrected chi connectivity index (χ2v) is 5.97. The number of thiophene rings is 1. The Hall–Kier alpha value is 0.270. The third-order valence-electron chi connectivity index (χ3n) is 1.71. The molecule has 1 aromatic rings. The van der Waals surface area contributed by atoms with Crippen molar-refractivity contribution in [1.82, 2.24) is 0 Å². The van der Waals surface area contributed by atoms with E-state index in [2.05, 4.69) is 55.1 Å². The quantitative estimate of drug-likeness (QED) is 0.766. The summed E-state index contributed by atoms with van der Waals surface area (Å²) in [6.45, 7) is 8.21. The summed E-state index contributed by atoms with van der Waals surface area (Å²) in [4.78, 5) is 3.65. The standard InChI is InChI=1S/C10H13BrS2/c1-6(2)9-5-8(11)10(13-9)4-7(3)12/h5-6,12H,3-4H2,1-2H3. The lowest BCUT2D eigenvalue weighted by atomic mass is 10.2. The van der Waals surface area contributed by atoms with E-state index in [0.717, 1.165) is 11.3 Å². The molecule has 0 radical (unpaired) electrons. The molecule has 0 saturated carbocycles. The normalized spacial score (nSPS) is 10.8. The molecule has 0 spiro atoms. The minimum Gasteiger partial charge on any atom is -0.148 e. The van der Waals surface area contributed by atoms with E-state index in [-0.39, 0.29) is 0 Å². The number of hydrogen-bond acceptors (Lipinski definition) is 2. The van der Waals surface area contributed by atoms with Crippen LogP contribution in [0.15, 0.2) is 22.0 Å². The van der Waals surface area contributed by atoms with Crippen molar-refractivity contribution < 1.29 is 0 Å². The highest BCUT2D eigenvalue weighted by Crippen LogP contribution is 2.33. The fourth-order valence-corrected chi connectivity index (χ4v) is 3.16. The van der Waals surface area contributed by atoms with Gasteiger partial charge in [0.05, 0.1) is 0 Å². The molecule has 0 atom stereocenters. The fraction of sp³-hybridized carbons (Fsp3) is 0.400. The van der Waals surface area contributed by atoms with Gasteiger partial charge in [0.2, 0.25) is 0 Å². The van der Waals surface area contributed by atoms with Crippen molar-refractivity contribution in [2.45, 2.75) is 26.2 Å². The summed E-state index contributed by atoms with van der Waals surface area (Å²) >= 11 is 9.60. The van der Waals surface area contributed by atoms with E-state index < -0.39 is 0 Å². The number of rotatable bonds is 3. The van der Waals surface area contributed by atoms with E-state index in [0.29, 0.717) is 5.92 Å². The van der Waals surface area contributed by atoms with Gasteiger partial charge in [-0.1, -0.05) is 20.4 Å². The molecule has 0 nitrogen and oxygen atoms in total. The molecule has 0 N–H and O–H groups in total. The predicted octanol–water partition coefficient (Wildman–Crippen LogP) is 4.62. The average Bonchev–Trinajstić information content (AvgIpc) is 2.31. The van der Waals surface area contributed by atoms with Crippen LogP contribution in [-0.2, 0) is 6.42 Å². The Labute approximate surface area is 97.6 Å². The van der Waals surface area contributed by atoms with Gasteiger partial charge in [0, 0.05) is 20.6 Å². The molecule has 72 valence electrons. The van der Waals surface area contributed by atoms with Crippen molar-refractivity contribution in [2.75, 3.05) is 0 Å². The van der Waals surface area contributed by atoms with Crippen LogP contribution in [0, 0.1) is 0 Å². The monoisotopic (exact) mass is 276 g/mol. The minimum atomic E-state index is 0.600. The molecule has 0 fully saturated rings. The van der Waals surface area contributed by atoms with Gasteiger partial charge in [-0.3, -0.25) is 0 Å². The second-order valence-electron chi connectivity index (χ2n) is 3.32. The van der Waals surface area contributed by atoms with Crippen LogP contribution in [0.25, 0.3) is 0 Å². The highest BCUT2D eigenvalue weighted by Gasteiger charge is 2.09. The Morgan fingerprint density at radius 1 is 1.69 bits per heavy atom. The molecule has 0 saturated heterocycles. The SMILES string of the molecule is C=C(S)Cc1sc(C(C)C)cc1Br. The average molecular weight is 277 g/mol. The van der Waals surface area contributed by atoms with E-state index in [1.54, 1.807) is 0 Å². The second kappa shape index (κ2) is 4.67. The van der Waals surface area contributed by atoms with Gasteiger partial charge in [0.25, 0.3) is 0 Å². The summed E-state index contributed by atoms with van der Waals surface area (Å²) < 4.78 is 1.19. The van der Waals surface area contributed by atoms with Crippen LogP contribution in [0.5, 0.6) is 0 Å². The Morgan fingerprint density at radius 3 is 2.69 bits per heavy atom. The molecule has 1 heterocycles. The third-order valence-corrected chi connectivity index (χ3v) is 4.27. The van der Waals surface area contributed by atoms with Crippen molar-refractivity contribution in [1.29, 1.82) is 0 Å². The fourth-order valence-electron chi connectivity index (χ4n) is 1.02. The molecule has 1 rings (SSSR count). The molecule has 0 aliphatic rings. The Morgan fingerprint density at radius 2 is 2.31 bits per heavy atom.